The van der Waals surface area contributed by atoms with Gasteiger partial charge < -0.3 is 15.3 Å². The molecule has 4 aromatic carbocycles. The molecule has 0 saturated heterocycles. The molecule has 0 aromatic heterocycles. The molecule has 2 fully saturated rings. The van der Waals surface area contributed by atoms with Crippen LogP contribution in [0.5, 0.6) is 17.2 Å². The number of phenolic OH excluding ortho intramolecular Hbond substituents is 3. The molecule has 2 saturated carbocycles. The molecular weight excluding hydrogens is 480 g/mol. The van der Waals surface area contributed by atoms with E-state index in [1.807, 2.05) is 12.1 Å². The van der Waals surface area contributed by atoms with E-state index in [-0.39, 0.29) is 10.8 Å². The van der Waals surface area contributed by atoms with Crippen molar-refractivity contribution in [3.8, 4) is 17.2 Å². The molecule has 0 unspecified atom stereocenters. The normalized spacial score (nSPS) is 23.3. The molecule has 6 rings (SSSR count). The lowest BCUT2D eigenvalue weighted by Crippen LogP contribution is -2.38. The van der Waals surface area contributed by atoms with Crippen LogP contribution in [-0.2, 0) is 10.8 Å². The third-order valence-electron chi connectivity index (χ3n) is 10.0. The first-order valence-corrected chi connectivity index (χ1v) is 14.4. The number of rotatable bonds is 5. The molecule has 39 heavy (non-hydrogen) atoms. The van der Waals surface area contributed by atoms with E-state index in [0.29, 0.717) is 23.2 Å². The van der Waals surface area contributed by atoms with Gasteiger partial charge in [0.05, 0.1) is 0 Å². The van der Waals surface area contributed by atoms with Crippen molar-refractivity contribution in [3.63, 3.8) is 0 Å². The quantitative estimate of drug-likeness (QED) is 0.248. The van der Waals surface area contributed by atoms with Gasteiger partial charge in [0.25, 0.3) is 0 Å². The van der Waals surface area contributed by atoms with Crippen molar-refractivity contribution < 1.29 is 15.3 Å². The Morgan fingerprint density at radius 1 is 0.385 bits per heavy atom. The average Bonchev–Trinajstić information content (AvgIpc) is 2.99. The van der Waals surface area contributed by atoms with Crippen LogP contribution in [-0.4, -0.2) is 15.3 Å². The Bertz CT molecular complexity index is 1310. The maximum atomic E-state index is 9.93. The Hall–Kier alpha value is -3.72. The van der Waals surface area contributed by atoms with E-state index in [2.05, 4.69) is 66.7 Å². The minimum absolute atomic E-state index is 0.00195. The van der Waals surface area contributed by atoms with Gasteiger partial charge in [0, 0.05) is 10.8 Å². The Labute approximate surface area is 231 Å². The number of hydrogen-bond acceptors (Lipinski definition) is 3. The van der Waals surface area contributed by atoms with Crippen LogP contribution in [0.2, 0.25) is 0 Å². The monoisotopic (exact) mass is 518 g/mol. The zero-order chi connectivity index (χ0) is 26.9. The molecule has 3 heteroatoms. The first-order valence-electron chi connectivity index (χ1n) is 14.4. The predicted octanol–water partition coefficient (Wildman–Crippen LogP) is 8.46. The third kappa shape index (κ3) is 4.80. The highest BCUT2D eigenvalue weighted by Crippen LogP contribution is 2.53. The standard InChI is InChI=1S/C36H38O3/c37-32-12-6-29(7-13-32)35(28-4-2-1-3-5-28)22-18-26(19-23-35)27-20-24-36(25-21-27,30-8-14-33(38)15-9-30)31-10-16-34(39)17-11-31/h1-17,26-27,37-39H,18-25H2. The van der Waals surface area contributed by atoms with E-state index in [4.69, 9.17) is 0 Å². The van der Waals surface area contributed by atoms with Crippen LogP contribution >= 0.6 is 0 Å². The molecule has 0 atom stereocenters. The number of aromatic hydroxyl groups is 3. The van der Waals surface area contributed by atoms with Gasteiger partial charge in [0.2, 0.25) is 0 Å². The molecule has 2 aliphatic rings. The van der Waals surface area contributed by atoms with Gasteiger partial charge in [-0.05, 0) is 122 Å². The van der Waals surface area contributed by atoms with Gasteiger partial charge in [-0.1, -0.05) is 66.7 Å². The first-order chi connectivity index (χ1) is 19.0. The lowest BCUT2D eigenvalue weighted by atomic mass is 9.57. The van der Waals surface area contributed by atoms with Crippen molar-refractivity contribution in [1.82, 2.24) is 0 Å². The smallest absolute Gasteiger partial charge is 0.115 e. The first kappa shape index (κ1) is 25.6. The molecule has 0 spiro atoms. The van der Waals surface area contributed by atoms with Gasteiger partial charge in [0.1, 0.15) is 17.2 Å². The summed E-state index contributed by atoms with van der Waals surface area (Å²) in [5.41, 5.74) is 5.12. The Morgan fingerprint density at radius 3 is 0.974 bits per heavy atom. The fourth-order valence-electron chi connectivity index (χ4n) is 7.80. The molecule has 0 radical (unpaired) electrons. The van der Waals surface area contributed by atoms with Gasteiger partial charge in [-0.3, -0.25) is 0 Å². The van der Waals surface area contributed by atoms with Crippen molar-refractivity contribution >= 4 is 0 Å². The van der Waals surface area contributed by atoms with Gasteiger partial charge in [0.15, 0.2) is 0 Å². The molecule has 0 amide bonds. The molecular formula is C36H38O3. The highest BCUT2D eigenvalue weighted by atomic mass is 16.3. The summed E-state index contributed by atoms with van der Waals surface area (Å²) in [6.07, 6.45) is 9.21. The van der Waals surface area contributed by atoms with Crippen molar-refractivity contribution in [3.05, 3.63) is 125 Å². The number of benzene rings is 4. The van der Waals surface area contributed by atoms with Crippen LogP contribution in [0.3, 0.4) is 0 Å². The van der Waals surface area contributed by atoms with E-state index in [1.54, 1.807) is 24.3 Å². The zero-order valence-electron chi connectivity index (χ0n) is 22.5. The van der Waals surface area contributed by atoms with Crippen LogP contribution in [0.4, 0.5) is 0 Å². The summed E-state index contributed by atoms with van der Waals surface area (Å²) in [4.78, 5) is 0. The molecule has 3 nitrogen and oxygen atoms in total. The van der Waals surface area contributed by atoms with Crippen molar-refractivity contribution in [2.45, 2.75) is 62.2 Å². The Kier molecular flexibility index (Phi) is 6.85. The number of phenols is 3. The molecule has 0 bridgehead atoms. The molecule has 0 heterocycles. The highest BCUT2D eigenvalue weighted by molar-refractivity contribution is 5.44. The largest absolute Gasteiger partial charge is 0.508 e. The fraction of sp³-hybridized carbons (Fsp3) is 0.333. The number of hydrogen-bond donors (Lipinski definition) is 3. The predicted molar refractivity (Wildman–Crippen MR) is 156 cm³/mol. The van der Waals surface area contributed by atoms with Gasteiger partial charge in [-0.2, -0.15) is 0 Å². The summed E-state index contributed by atoms with van der Waals surface area (Å²) in [6.45, 7) is 0. The molecule has 200 valence electrons. The zero-order valence-corrected chi connectivity index (χ0v) is 22.5. The van der Waals surface area contributed by atoms with E-state index >= 15 is 0 Å². The van der Waals surface area contributed by atoms with Crippen LogP contribution < -0.4 is 0 Å². The third-order valence-corrected chi connectivity index (χ3v) is 10.0. The van der Waals surface area contributed by atoms with Gasteiger partial charge in [-0.15, -0.1) is 0 Å². The molecule has 3 N–H and O–H groups in total. The topological polar surface area (TPSA) is 60.7 Å². The molecule has 4 aromatic rings. The summed E-state index contributed by atoms with van der Waals surface area (Å²) < 4.78 is 0. The van der Waals surface area contributed by atoms with Crippen molar-refractivity contribution in [2.24, 2.45) is 11.8 Å². The summed E-state index contributed by atoms with van der Waals surface area (Å²) in [7, 11) is 0. The van der Waals surface area contributed by atoms with E-state index in [1.165, 1.54) is 47.9 Å². The van der Waals surface area contributed by atoms with Crippen molar-refractivity contribution in [2.75, 3.05) is 0 Å². The SMILES string of the molecule is Oc1ccc(C2(c3ccccc3)CCC(C3CCC(c4ccc(O)cc4)(c4ccc(O)cc4)CC3)CC2)cc1. The van der Waals surface area contributed by atoms with Gasteiger partial charge >= 0.3 is 0 Å². The summed E-state index contributed by atoms with van der Waals surface area (Å²) in [5.74, 6) is 2.35. The lowest BCUT2D eigenvalue weighted by molar-refractivity contribution is 0.140. The Morgan fingerprint density at radius 2 is 0.667 bits per heavy atom. The second-order valence-corrected chi connectivity index (χ2v) is 11.8. The lowest BCUT2D eigenvalue weighted by Gasteiger charge is -2.47. The fourth-order valence-corrected chi connectivity index (χ4v) is 7.80. The van der Waals surface area contributed by atoms with E-state index in [0.717, 1.165) is 31.6 Å². The summed E-state index contributed by atoms with van der Waals surface area (Å²) >= 11 is 0. The van der Waals surface area contributed by atoms with Crippen LogP contribution in [0.25, 0.3) is 0 Å². The second kappa shape index (κ2) is 10.4. The van der Waals surface area contributed by atoms with Crippen LogP contribution in [0, 0.1) is 11.8 Å². The van der Waals surface area contributed by atoms with Crippen LogP contribution in [0.15, 0.2) is 103 Å². The Balaban J connectivity index is 1.22. The van der Waals surface area contributed by atoms with Gasteiger partial charge in [-0.25, -0.2) is 0 Å². The average molecular weight is 519 g/mol. The van der Waals surface area contributed by atoms with Crippen LogP contribution in [0.1, 0.15) is 73.6 Å². The van der Waals surface area contributed by atoms with E-state index in [9.17, 15) is 15.3 Å². The van der Waals surface area contributed by atoms with E-state index < -0.39 is 0 Å². The maximum absolute atomic E-state index is 9.93. The maximum Gasteiger partial charge on any atom is 0.115 e. The highest BCUT2D eigenvalue weighted by Gasteiger charge is 2.44. The van der Waals surface area contributed by atoms with Crippen molar-refractivity contribution in [1.29, 1.82) is 0 Å². The summed E-state index contributed by atoms with van der Waals surface area (Å²) in [5, 5.41) is 29.8. The molecule has 2 aliphatic carbocycles. The summed E-state index contributed by atoms with van der Waals surface area (Å²) in [6, 6.07) is 34.4. The molecule has 0 aliphatic heterocycles. The minimum Gasteiger partial charge on any atom is -0.508 e. The minimum atomic E-state index is -0.0909. The second-order valence-electron chi connectivity index (χ2n) is 11.8.